The molecule has 2 heterocycles. The molecule has 0 spiro atoms. The molecule has 5 nitrogen and oxygen atoms in total. The van der Waals surface area contributed by atoms with Gasteiger partial charge in [-0.05, 0) is 25.1 Å². The summed E-state index contributed by atoms with van der Waals surface area (Å²) in [5, 5.41) is 4.63. The Kier molecular flexibility index (Phi) is 4.87. The molecule has 4 rings (SSSR count). The fraction of sp³-hybridized carbons (Fsp3) is 0.150. The largest absolute Gasteiger partial charge is 0.348 e. The molecular weight excluding hydrogens is 382 g/mol. The first-order chi connectivity index (χ1) is 13.5. The van der Waals surface area contributed by atoms with Crippen molar-refractivity contribution in [3.05, 3.63) is 70.6 Å². The lowest BCUT2D eigenvalue weighted by atomic mass is 10.1. The van der Waals surface area contributed by atoms with Crippen LogP contribution in [0.3, 0.4) is 0 Å². The number of aromatic nitrogens is 3. The van der Waals surface area contributed by atoms with Gasteiger partial charge in [-0.25, -0.2) is 18.7 Å². The van der Waals surface area contributed by atoms with Crippen molar-refractivity contribution in [2.75, 3.05) is 0 Å². The molecule has 8 heteroatoms. The third kappa shape index (κ3) is 3.50. The van der Waals surface area contributed by atoms with Crippen LogP contribution < -0.4 is 5.32 Å². The summed E-state index contributed by atoms with van der Waals surface area (Å²) >= 11 is 1.45. The molecule has 1 amide bonds. The number of rotatable bonds is 5. The summed E-state index contributed by atoms with van der Waals surface area (Å²) in [7, 11) is 0. The molecule has 2 aromatic carbocycles. The van der Waals surface area contributed by atoms with Gasteiger partial charge in [0.05, 0.1) is 22.6 Å². The second-order valence-electron chi connectivity index (χ2n) is 6.34. The molecule has 28 heavy (non-hydrogen) atoms. The fourth-order valence-electron chi connectivity index (χ4n) is 3.12. The van der Waals surface area contributed by atoms with E-state index in [0.29, 0.717) is 11.5 Å². The van der Waals surface area contributed by atoms with Gasteiger partial charge in [0.1, 0.15) is 23.9 Å². The van der Waals surface area contributed by atoms with Crippen molar-refractivity contribution < 1.29 is 13.6 Å². The van der Waals surface area contributed by atoms with E-state index in [1.807, 2.05) is 29.6 Å². The lowest BCUT2D eigenvalue weighted by Gasteiger charge is -2.16. The highest BCUT2D eigenvalue weighted by Crippen LogP contribution is 2.25. The highest BCUT2D eigenvalue weighted by Gasteiger charge is 2.19. The Labute approximate surface area is 163 Å². The highest BCUT2D eigenvalue weighted by atomic mass is 32.1. The molecule has 4 aromatic rings. The van der Waals surface area contributed by atoms with Gasteiger partial charge in [0.2, 0.25) is 5.91 Å². The van der Waals surface area contributed by atoms with Gasteiger partial charge in [-0.3, -0.25) is 4.79 Å². The van der Waals surface area contributed by atoms with E-state index in [2.05, 4.69) is 15.3 Å². The minimum Gasteiger partial charge on any atom is -0.348 e. The molecule has 0 fully saturated rings. The molecule has 0 saturated heterocycles. The van der Waals surface area contributed by atoms with Crippen LogP contribution in [0.25, 0.3) is 22.6 Å². The minimum atomic E-state index is -0.691. The molecule has 0 unspecified atom stereocenters. The molecule has 142 valence electrons. The summed E-state index contributed by atoms with van der Waals surface area (Å²) < 4.78 is 28.9. The normalized spacial score (nSPS) is 12.2. The van der Waals surface area contributed by atoms with Gasteiger partial charge in [0.15, 0.2) is 5.82 Å². The Morgan fingerprint density at radius 3 is 2.82 bits per heavy atom. The van der Waals surface area contributed by atoms with Crippen molar-refractivity contribution in [2.24, 2.45) is 0 Å². The fourth-order valence-corrected chi connectivity index (χ4v) is 3.65. The maximum absolute atomic E-state index is 14.0. The number of benzene rings is 2. The van der Waals surface area contributed by atoms with Crippen LogP contribution in [0.2, 0.25) is 0 Å². The van der Waals surface area contributed by atoms with Gasteiger partial charge in [-0.15, -0.1) is 11.3 Å². The monoisotopic (exact) mass is 398 g/mol. The van der Waals surface area contributed by atoms with Crippen LogP contribution in [-0.4, -0.2) is 20.4 Å². The van der Waals surface area contributed by atoms with E-state index in [1.54, 1.807) is 17.0 Å². The SMILES string of the molecule is C[C@@H](NC(=O)Cn1c(-c2cscn2)nc2ccccc21)c1ccc(F)cc1F. The van der Waals surface area contributed by atoms with Crippen LogP contribution in [0.1, 0.15) is 18.5 Å². The quantitative estimate of drug-likeness (QED) is 0.545. The van der Waals surface area contributed by atoms with Crippen LogP contribution in [-0.2, 0) is 11.3 Å². The second kappa shape index (κ2) is 7.47. The molecule has 1 N–H and O–H groups in total. The van der Waals surface area contributed by atoms with Crippen molar-refractivity contribution in [1.82, 2.24) is 19.9 Å². The number of hydrogen-bond acceptors (Lipinski definition) is 4. The smallest absolute Gasteiger partial charge is 0.240 e. The van der Waals surface area contributed by atoms with Gasteiger partial charge in [-0.2, -0.15) is 0 Å². The summed E-state index contributed by atoms with van der Waals surface area (Å²) in [6.07, 6.45) is 0. The van der Waals surface area contributed by atoms with E-state index in [4.69, 9.17) is 0 Å². The molecule has 0 aliphatic carbocycles. The van der Waals surface area contributed by atoms with E-state index in [0.717, 1.165) is 17.1 Å². The first-order valence-electron chi connectivity index (χ1n) is 8.61. The maximum Gasteiger partial charge on any atom is 0.240 e. The predicted octanol–water partition coefficient (Wildman–Crippen LogP) is 4.32. The minimum absolute atomic E-state index is 0.000523. The second-order valence-corrected chi connectivity index (χ2v) is 7.06. The van der Waals surface area contributed by atoms with Gasteiger partial charge < -0.3 is 9.88 Å². The molecule has 1 atom stereocenters. The number of para-hydroxylation sites is 2. The number of nitrogens with one attached hydrogen (secondary N) is 1. The number of amides is 1. The van der Waals surface area contributed by atoms with E-state index >= 15 is 0 Å². The van der Waals surface area contributed by atoms with Crippen molar-refractivity contribution in [3.8, 4) is 11.5 Å². The zero-order valence-electron chi connectivity index (χ0n) is 14.9. The Balaban J connectivity index is 1.61. The van der Waals surface area contributed by atoms with Crippen LogP contribution >= 0.6 is 11.3 Å². The topological polar surface area (TPSA) is 59.8 Å². The molecule has 0 aliphatic heterocycles. The number of imidazole rings is 1. The number of nitrogens with zero attached hydrogens (tertiary/aromatic N) is 3. The summed E-state index contributed by atoms with van der Waals surface area (Å²) in [5.41, 5.74) is 4.19. The van der Waals surface area contributed by atoms with Gasteiger partial charge in [-0.1, -0.05) is 18.2 Å². The molecule has 0 aliphatic rings. The summed E-state index contributed by atoms with van der Waals surface area (Å²) in [5.74, 6) is -1.06. The Bertz CT molecular complexity index is 1140. The lowest BCUT2D eigenvalue weighted by molar-refractivity contribution is -0.122. The first-order valence-corrected chi connectivity index (χ1v) is 9.55. The number of carbonyl (C=O) groups excluding carboxylic acids is 1. The Hall–Kier alpha value is -3.13. The van der Waals surface area contributed by atoms with E-state index < -0.39 is 17.7 Å². The summed E-state index contributed by atoms with van der Waals surface area (Å²) in [4.78, 5) is 21.6. The predicted molar refractivity (Wildman–Crippen MR) is 104 cm³/mol. The first kappa shape index (κ1) is 18.2. The van der Waals surface area contributed by atoms with Crippen LogP contribution in [0.4, 0.5) is 8.78 Å². The Morgan fingerprint density at radius 2 is 2.07 bits per heavy atom. The average molecular weight is 398 g/mol. The van der Waals surface area contributed by atoms with E-state index in [1.165, 1.54) is 23.5 Å². The zero-order valence-corrected chi connectivity index (χ0v) is 15.7. The molecule has 2 aromatic heterocycles. The summed E-state index contributed by atoms with van der Waals surface area (Å²) in [6.45, 7) is 1.65. The highest BCUT2D eigenvalue weighted by molar-refractivity contribution is 7.07. The number of carbonyl (C=O) groups is 1. The van der Waals surface area contributed by atoms with E-state index in [-0.39, 0.29) is 18.0 Å². The van der Waals surface area contributed by atoms with Crippen LogP contribution in [0.5, 0.6) is 0 Å². The van der Waals surface area contributed by atoms with E-state index in [9.17, 15) is 13.6 Å². The Morgan fingerprint density at radius 1 is 1.25 bits per heavy atom. The summed E-state index contributed by atoms with van der Waals surface area (Å²) in [6, 6.07) is 10.2. The number of thiazole rings is 1. The maximum atomic E-state index is 14.0. The van der Waals surface area contributed by atoms with Crippen molar-refractivity contribution in [1.29, 1.82) is 0 Å². The third-order valence-corrected chi connectivity index (χ3v) is 5.01. The standard InChI is InChI=1S/C20H16F2N4OS/c1-12(14-7-6-13(21)8-15(14)22)24-19(27)9-26-18-5-3-2-4-16(18)25-20(26)17-10-28-11-23-17/h2-8,10-12H,9H2,1H3,(H,24,27)/t12-/m1/s1. The molecule has 0 saturated carbocycles. The third-order valence-electron chi connectivity index (χ3n) is 4.42. The number of fused-ring (bicyclic) bond motifs is 1. The molecular formula is C20H16F2N4OS. The van der Waals surface area contributed by atoms with Crippen LogP contribution in [0, 0.1) is 11.6 Å². The lowest BCUT2D eigenvalue weighted by Crippen LogP contribution is -2.30. The van der Waals surface area contributed by atoms with Gasteiger partial charge in [0, 0.05) is 17.0 Å². The number of halogens is 2. The van der Waals surface area contributed by atoms with Gasteiger partial charge >= 0.3 is 0 Å². The zero-order chi connectivity index (χ0) is 19.7. The van der Waals surface area contributed by atoms with Gasteiger partial charge in [0.25, 0.3) is 0 Å². The van der Waals surface area contributed by atoms with Crippen molar-refractivity contribution in [3.63, 3.8) is 0 Å². The average Bonchev–Trinajstić information content (AvgIpc) is 3.30. The van der Waals surface area contributed by atoms with Crippen molar-refractivity contribution in [2.45, 2.75) is 19.5 Å². The van der Waals surface area contributed by atoms with Crippen LogP contribution in [0.15, 0.2) is 53.4 Å². The molecule has 0 bridgehead atoms. The number of hydrogen-bond donors (Lipinski definition) is 1. The molecule has 0 radical (unpaired) electrons. The van der Waals surface area contributed by atoms with Crippen molar-refractivity contribution >= 4 is 28.3 Å².